The molecule has 1 aliphatic heterocycles. The van der Waals surface area contributed by atoms with Crippen LogP contribution in [-0.4, -0.2) is 10.2 Å². The summed E-state index contributed by atoms with van der Waals surface area (Å²) in [5.74, 6) is 2.90. The molecule has 1 aromatic carbocycles. The van der Waals surface area contributed by atoms with E-state index in [2.05, 4.69) is 35.3 Å². The van der Waals surface area contributed by atoms with Crippen LogP contribution in [0.4, 0.5) is 0 Å². The molecule has 3 aliphatic rings. The van der Waals surface area contributed by atoms with Crippen LogP contribution in [0, 0.1) is 17.8 Å². The number of nitrogens with one attached hydrogen (secondary N) is 1. The van der Waals surface area contributed by atoms with Gasteiger partial charge in [0.25, 0.3) is 0 Å². The highest BCUT2D eigenvalue weighted by molar-refractivity contribution is 8.00. The minimum atomic E-state index is 0.112. The van der Waals surface area contributed by atoms with Crippen LogP contribution in [0.5, 0.6) is 0 Å². The van der Waals surface area contributed by atoms with E-state index >= 15 is 0 Å². The number of rotatable bonds is 1. The van der Waals surface area contributed by atoms with Gasteiger partial charge in [0.05, 0.1) is 5.03 Å². The van der Waals surface area contributed by atoms with E-state index in [4.69, 9.17) is 0 Å². The number of thiazole rings is 1. The van der Waals surface area contributed by atoms with E-state index in [1.165, 1.54) is 41.0 Å². The number of benzene rings is 1. The number of aromatic nitrogens is 1. The normalized spacial score (nSPS) is 36.5. The van der Waals surface area contributed by atoms with E-state index in [1.807, 2.05) is 11.8 Å². The van der Waals surface area contributed by atoms with E-state index < -0.39 is 0 Å². The van der Waals surface area contributed by atoms with E-state index in [1.54, 1.807) is 0 Å². The Labute approximate surface area is 132 Å². The van der Waals surface area contributed by atoms with Crippen molar-refractivity contribution < 1.29 is 0 Å². The molecular weight excluding hydrogens is 298 g/mol. The largest absolute Gasteiger partial charge is 0.307 e. The summed E-state index contributed by atoms with van der Waals surface area (Å²) in [6, 6.07) is 10.8. The summed E-state index contributed by atoms with van der Waals surface area (Å²) < 4.78 is 0. The third-order valence-electron chi connectivity index (χ3n) is 5.62. The molecule has 2 aromatic rings. The summed E-state index contributed by atoms with van der Waals surface area (Å²) in [4.78, 5) is 16.4. The van der Waals surface area contributed by atoms with Crippen molar-refractivity contribution in [3.8, 4) is 0 Å². The van der Waals surface area contributed by atoms with Gasteiger partial charge in [0.2, 0.25) is 0 Å². The molecule has 0 amide bonds. The van der Waals surface area contributed by atoms with Gasteiger partial charge in [-0.1, -0.05) is 41.7 Å². The zero-order valence-electron chi connectivity index (χ0n) is 11.6. The summed E-state index contributed by atoms with van der Waals surface area (Å²) in [5.41, 5.74) is 1.40. The molecule has 2 fully saturated rings. The van der Waals surface area contributed by atoms with Crippen molar-refractivity contribution in [1.29, 1.82) is 0 Å². The molecule has 108 valence electrons. The maximum absolute atomic E-state index is 11.9. The Morgan fingerprint density at radius 3 is 2.76 bits per heavy atom. The molecule has 5 rings (SSSR count). The lowest BCUT2D eigenvalue weighted by atomic mass is 9.75. The molecule has 5 atom stereocenters. The molecule has 2 heterocycles. The van der Waals surface area contributed by atoms with Gasteiger partial charge < -0.3 is 4.98 Å². The number of hydrogen-bond donors (Lipinski definition) is 1. The zero-order chi connectivity index (χ0) is 14.0. The van der Waals surface area contributed by atoms with Crippen molar-refractivity contribution in [1.82, 2.24) is 4.98 Å². The maximum Gasteiger partial charge on any atom is 0.305 e. The fourth-order valence-electron chi connectivity index (χ4n) is 4.88. The van der Waals surface area contributed by atoms with Crippen LogP contribution >= 0.6 is 23.1 Å². The molecule has 4 heteroatoms. The Bertz CT molecular complexity index is 735. The van der Waals surface area contributed by atoms with Gasteiger partial charge in [-0.2, -0.15) is 0 Å². The van der Waals surface area contributed by atoms with Crippen LogP contribution in [0.15, 0.2) is 40.2 Å². The van der Waals surface area contributed by atoms with Gasteiger partial charge in [-0.15, -0.1) is 11.8 Å². The number of aromatic amines is 1. The molecule has 0 radical (unpaired) electrons. The van der Waals surface area contributed by atoms with Gasteiger partial charge in [-0.05, 0) is 42.6 Å². The van der Waals surface area contributed by atoms with Crippen molar-refractivity contribution in [3.05, 3.63) is 50.4 Å². The number of fused-ring (bicyclic) bond motifs is 6. The highest BCUT2D eigenvalue weighted by atomic mass is 32.2. The van der Waals surface area contributed by atoms with Crippen LogP contribution in [-0.2, 0) is 0 Å². The van der Waals surface area contributed by atoms with E-state index in [-0.39, 0.29) is 4.87 Å². The van der Waals surface area contributed by atoms with Gasteiger partial charge in [-0.25, -0.2) is 0 Å². The third-order valence-corrected chi connectivity index (χ3v) is 8.25. The monoisotopic (exact) mass is 315 g/mol. The molecule has 1 aromatic heterocycles. The molecule has 2 nitrogen and oxygen atoms in total. The molecule has 1 unspecified atom stereocenters. The highest BCUT2D eigenvalue weighted by Crippen LogP contribution is 2.63. The average molecular weight is 315 g/mol. The molecule has 2 bridgehead atoms. The topological polar surface area (TPSA) is 32.9 Å². The fraction of sp³-hybridized carbons (Fsp3) is 0.471. The van der Waals surface area contributed by atoms with Crippen LogP contribution in [0.1, 0.15) is 35.6 Å². The van der Waals surface area contributed by atoms with Gasteiger partial charge in [0.1, 0.15) is 0 Å². The van der Waals surface area contributed by atoms with Crippen molar-refractivity contribution in [2.75, 3.05) is 0 Å². The molecule has 2 saturated carbocycles. The zero-order valence-corrected chi connectivity index (χ0v) is 13.3. The number of hydrogen-bond acceptors (Lipinski definition) is 3. The molecule has 2 aliphatic carbocycles. The Hall–Kier alpha value is -1.00. The van der Waals surface area contributed by atoms with Gasteiger partial charge >= 0.3 is 4.87 Å². The lowest BCUT2D eigenvalue weighted by molar-refractivity contribution is 0.307. The van der Waals surface area contributed by atoms with Crippen molar-refractivity contribution in [2.45, 2.75) is 35.5 Å². The first-order valence-electron chi connectivity index (χ1n) is 7.76. The van der Waals surface area contributed by atoms with Crippen LogP contribution in [0.25, 0.3) is 0 Å². The van der Waals surface area contributed by atoms with E-state index in [0.29, 0.717) is 11.2 Å². The van der Waals surface area contributed by atoms with E-state index in [0.717, 1.165) is 22.8 Å². The van der Waals surface area contributed by atoms with Crippen LogP contribution in [0.2, 0.25) is 0 Å². The lowest BCUT2D eigenvalue weighted by Crippen LogP contribution is -2.33. The molecular formula is C17H17NOS2. The molecule has 0 spiro atoms. The van der Waals surface area contributed by atoms with Gasteiger partial charge in [0.15, 0.2) is 0 Å². The lowest BCUT2D eigenvalue weighted by Gasteiger charge is -2.40. The Balaban J connectivity index is 1.70. The summed E-state index contributed by atoms with van der Waals surface area (Å²) in [5, 5.41) is 1.87. The first kappa shape index (κ1) is 12.5. The minimum Gasteiger partial charge on any atom is -0.307 e. The average Bonchev–Trinajstić information content (AvgIpc) is 3.18. The molecule has 21 heavy (non-hydrogen) atoms. The Morgan fingerprint density at radius 1 is 1.10 bits per heavy atom. The molecule has 0 saturated heterocycles. The van der Waals surface area contributed by atoms with Crippen molar-refractivity contribution >= 4 is 23.1 Å². The smallest absolute Gasteiger partial charge is 0.305 e. The Morgan fingerprint density at radius 2 is 1.90 bits per heavy atom. The first-order chi connectivity index (χ1) is 10.3. The Kier molecular flexibility index (Phi) is 2.68. The number of thioether (sulfide) groups is 1. The third kappa shape index (κ3) is 1.75. The minimum absolute atomic E-state index is 0.112. The summed E-state index contributed by atoms with van der Waals surface area (Å²) in [7, 11) is 0. The van der Waals surface area contributed by atoms with Crippen molar-refractivity contribution in [2.24, 2.45) is 17.8 Å². The fourth-order valence-corrected chi connectivity index (χ4v) is 7.78. The van der Waals surface area contributed by atoms with Crippen LogP contribution < -0.4 is 4.87 Å². The van der Waals surface area contributed by atoms with Crippen LogP contribution in [0.3, 0.4) is 0 Å². The predicted molar refractivity (Wildman–Crippen MR) is 87.2 cm³/mol. The first-order valence-corrected chi connectivity index (χ1v) is 9.45. The SMILES string of the molecule is O=c1[nH]c2c(s1)[C@H](c1ccccc1)[C@H]1[C@@H]3CCC(C3)[C@H]1S2. The standard InChI is InChI=1S/C17H17NOS2/c19-17-18-16-15(21-17)12(9-4-2-1-3-5-9)13-10-6-7-11(8-10)14(13)20-16/h1-5,10-14H,6-8H2,(H,18,19)/t10-,11?,12-,13-,14-/m1/s1. The second-order valence-electron chi connectivity index (χ2n) is 6.59. The highest BCUT2D eigenvalue weighted by Gasteiger charge is 2.54. The second-order valence-corrected chi connectivity index (χ2v) is 8.79. The summed E-state index contributed by atoms with van der Waals surface area (Å²) >= 11 is 3.40. The summed E-state index contributed by atoms with van der Waals surface area (Å²) in [6.07, 6.45) is 4.19. The second kappa shape index (κ2) is 4.50. The van der Waals surface area contributed by atoms with E-state index in [9.17, 15) is 4.79 Å². The number of H-pyrrole nitrogens is 1. The van der Waals surface area contributed by atoms with Gasteiger partial charge in [-0.3, -0.25) is 4.79 Å². The quantitative estimate of drug-likeness (QED) is 0.860. The maximum atomic E-state index is 11.9. The predicted octanol–water partition coefficient (Wildman–Crippen LogP) is 4.09. The summed E-state index contributed by atoms with van der Waals surface area (Å²) in [6.45, 7) is 0. The van der Waals surface area contributed by atoms with Gasteiger partial charge in [0, 0.05) is 16.0 Å². The van der Waals surface area contributed by atoms with Crippen molar-refractivity contribution in [3.63, 3.8) is 0 Å². The molecule has 1 N–H and O–H groups in total.